The van der Waals surface area contributed by atoms with E-state index in [9.17, 15) is 4.79 Å². The van der Waals surface area contributed by atoms with Crippen molar-refractivity contribution in [3.05, 3.63) is 29.8 Å². The van der Waals surface area contributed by atoms with Crippen LogP contribution < -0.4 is 4.74 Å². The van der Waals surface area contributed by atoms with Crippen molar-refractivity contribution < 1.29 is 14.3 Å². The van der Waals surface area contributed by atoms with E-state index in [1.165, 1.54) is 7.11 Å². The average Bonchev–Trinajstić information content (AvgIpc) is 2.29. The summed E-state index contributed by atoms with van der Waals surface area (Å²) in [4.78, 5) is 10.8. The van der Waals surface area contributed by atoms with Crippen molar-refractivity contribution in [2.45, 2.75) is 6.42 Å². The first kappa shape index (κ1) is 11.1. The summed E-state index contributed by atoms with van der Waals surface area (Å²) in [5, 5.41) is 8.63. The van der Waals surface area contributed by atoms with Gasteiger partial charge in [0.1, 0.15) is 5.75 Å². The van der Waals surface area contributed by atoms with E-state index in [1.54, 1.807) is 24.3 Å². The van der Waals surface area contributed by atoms with Gasteiger partial charge in [-0.1, -0.05) is 6.07 Å². The number of esters is 1. The zero-order valence-corrected chi connectivity index (χ0v) is 8.40. The van der Waals surface area contributed by atoms with Gasteiger partial charge in [-0.3, -0.25) is 4.79 Å². The Labute approximate surface area is 88.0 Å². The molecule has 0 bridgehead atoms. The first-order chi connectivity index (χ1) is 7.26. The molecule has 1 aromatic carbocycles. The first-order valence-corrected chi connectivity index (χ1v) is 4.46. The van der Waals surface area contributed by atoms with E-state index < -0.39 is 0 Å². The molecule has 15 heavy (non-hydrogen) atoms. The second kappa shape index (κ2) is 5.66. The highest BCUT2D eigenvalue weighted by Crippen LogP contribution is 2.12. The summed E-state index contributed by atoms with van der Waals surface area (Å²) >= 11 is 0. The zero-order chi connectivity index (χ0) is 11.1. The molecule has 0 saturated heterocycles. The Balaban J connectivity index is 2.44. The molecule has 0 unspecified atom stereocenters. The number of benzene rings is 1. The predicted octanol–water partition coefficient (Wildman–Crippen LogP) is 1.50. The maximum atomic E-state index is 10.8. The van der Waals surface area contributed by atoms with E-state index in [2.05, 4.69) is 4.74 Å². The number of rotatable bonds is 4. The van der Waals surface area contributed by atoms with Crippen LogP contribution in [-0.4, -0.2) is 19.7 Å². The number of carbonyl (C=O) groups is 1. The van der Waals surface area contributed by atoms with Gasteiger partial charge in [0.25, 0.3) is 0 Å². The Hall–Kier alpha value is -2.02. The van der Waals surface area contributed by atoms with Gasteiger partial charge in [0.05, 0.1) is 31.8 Å². The van der Waals surface area contributed by atoms with Crippen molar-refractivity contribution >= 4 is 5.97 Å². The minimum atomic E-state index is -0.313. The molecule has 4 nitrogen and oxygen atoms in total. The fraction of sp³-hybridized carbons (Fsp3) is 0.273. The summed E-state index contributed by atoms with van der Waals surface area (Å²) in [6.07, 6.45) is 0.202. The van der Waals surface area contributed by atoms with Crippen molar-refractivity contribution in [3.8, 4) is 11.8 Å². The largest absolute Gasteiger partial charge is 0.493 e. The van der Waals surface area contributed by atoms with Crippen LogP contribution in [0.25, 0.3) is 0 Å². The molecule has 1 aromatic rings. The van der Waals surface area contributed by atoms with Crippen LogP contribution in [-0.2, 0) is 9.53 Å². The number of ether oxygens (including phenoxy) is 2. The van der Waals surface area contributed by atoms with E-state index in [0.717, 1.165) is 0 Å². The van der Waals surface area contributed by atoms with Gasteiger partial charge < -0.3 is 9.47 Å². The van der Waals surface area contributed by atoms with Crippen LogP contribution in [0.2, 0.25) is 0 Å². The standard InChI is InChI=1S/C11H11NO3/c1-14-11(13)5-6-15-10-4-2-3-9(7-10)8-12/h2-4,7H,5-6H2,1H3. The molecule has 0 amide bonds. The number of hydrogen-bond acceptors (Lipinski definition) is 4. The van der Waals surface area contributed by atoms with Gasteiger partial charge in [-0.2, -0.15) is 5.26 Å². The lowest BCUT2D eigenvalue weighted by molar-refractivity contribution is -0.141. The van der Waals surface area contributed by atoms with Crippen LogP contribution in [0.3, 0.4) is 0 Å². The van der Waals surface area contributed by atoms with Crippen molar-refractivity contribution in [2.24, 2.45) is 0 Å². The third-order valence-electron chi connectivity index (χ3n) is 1.77. The molecule has 0 saturated carbocycles. The SMILES string of the molecule is COC(=O)CCOc1cccc(C#N)c1. The minimum Gasteiger partial charge on any atom is -0.493 e. The first-order valence-electron chi connectivity index (χ1n) is 4.46. The second-order valence-electron chi connectivity index (χ2n) is 2.81. The highest BCUT2D eigenvalue weighted by Gasteiger charge is 2.01. The summed E-state index contributed by atoms with van der Waals surface area (Å²) in [5.74, 6) is 0.268. The Morgan fingerprint density at radius 1 is 1.53 bits per heavy atom. The molecule has 78 valence electrons. The van der Waals surface area contributed by atoms with Gasteiger partial charge in [-0.15, -0.1) is 0 Å². The highest BCUT2D eigenvalue weighted by molar-refractivity contribution is 5.69. The molecule has 0 atom stereocenters. The summed E-state index contributed by atoms with van der Waals surface area (Å²) in [6, 6.07) is 8.78. The lowest BCUT2D eigenvalue weighted by Gasteiger charge is -2.04. The van der Waals surface area contributed by atoms with Crippen LogP contribution >= 0.6 is 0 Å². The van der Waals surface area contributed by atoms with Gasteiger partial charge in [0, 0.05) is 0 Å². The van der Waals surface area contributed by atoms with Crippen molar-refractivity contribution in [1.82, 2.24) is 0 Å². The molecule has 0 aromatic heterocycles. The molecule has 0 heterocycles. The molecule has 0 N–H and O–H groups in total. The quantitative estimate of drug-likeness (QED) is 0.699. The molecule has 0 aliphatic heterocycles. The number of hydrogen-bond donors (Lipinski definition) is 0. The molecule has 0 aliphatic rings. The molecule has 0 aliphatic carbocycles. The van der Waals surface area contributed by atoms with E-state index >= 15 is 0 Å². The van der Waals surface area contributed by atoms with E-state index in [4.69, 9.17) is 10.00 Å². The fourth-order valence-corrected chi connectivity index (χ4v) is 1.01. The van der Waals surface area contributed by atoms with Gasteiger partial charge in [0.2, 0.25) is 0 Å². The number of nitriles is 1. The van der Waals surface area contributed by atoms with Crippen LogP contribution in [0.5, 0.6) is 5.75 Å². The summed E-state index contributed by atoms with van der Waals surface area (Å²) in [5.41, 5.74) is 0.533. The molecular formula is C11H11NO3. The summed E-state index contributed by atoms with van der Waals surface area (Å²) < 4.78 is 9.73. The van der Waals surface area contributed by atoms with E-state index in [0.29, 0.717) is 11.3 Å². The predicted molar refractivity (Wildman–Crippen MR) is 53.3 cm³/mol. The van der Waals surface area contributed by atoms with Crippen LogP contribution in [0, 0.1) is 11.3 Å². The Bertz CT molecular complexity index is 382. The highest BCUT2D eigenvalue weighted by atomic mass is 16.5. The average molecular weight is 205 g/mol. The number of carbonyl (C=O) groups excluding carboxylic acids is 1. The molecule has 4 heteroatoms. The molecule has 1 rings (SSSR count). The summed E-state index contributed by atoms with van der Waals surface area (Å²) in [7, 11) is 1.33. The Morgan fingerprint density at radius 2 is 2.33 bits per heavy atom. The van der Waals surface area contributed by atoms with E-state index in [-0.39, 0.29) is 19.0 Å². The fourth-order valence-electron chi connectivity index (χ4n) is 1.01. The third kappa shape index (κ3) is 3.69. The van der Waals surface area contributed by atoms with Crippen molar-refractivity contribution in [3.63, 3.8) is 0 Å². The second-order valence-corrected chi connectivity index (χ2v) is 2.81. The van der Waals surface area contributed by atoms with Crippen molar-refractivity contribution in [2.75, 3.05) is 13.7 Å². The maximum absolute atomic E-state index is 10.8. The van der Waals surface area contributed by atoms with Crippen molar-refractivity contribution in [1.29, 1.82) is 5.26 Å². The number of nitrogens with zero attached hydrogens (tertiary/aromatic N) is 1. The lowest BCUT2D eigenvalue weighted by atomic mass is 10.2. The maximum Gasteiger partial charge on any atom is 0.308 e. The molecule has 0 radical (unpaired) electrons. The minimum absolute atomic E-state index is 0.202. The topological polar surface area (TPSA) is 59.3 Å². The monoisotopic (exact) mass is 205 g/mol. The van der Waals surface area contributed by atoms with E-state index in [1.807, 2.05) is 6.07 Å². The zero-order valence-electron chi connectivity index (χ0n) is 8.40. The van der Waals surface area contributed by atoms with Gasteiger partial charge in [-0.05, 0) is 18.2 Å². The van der Waals surface area contributed by atoms with Gasteiger partial charge >= 0.3 is 5.97 Å². The number of methoxy groups -OCH3 is 1. The normalized spacial score (nSPS) is 9.07. The Kier molecular flexibility index (Phi) is 4.17. The molecule has 0 fully saturated rings. The Morgan fingerprint density at radius 3 is 3.00 bits per heavy atom. The van der Waals surface area contributed by atoms with Gasteiger partial charge in [0.15, 0.2) is 0 Å². The third-order valence-corrected chi connectivity index (χ3v) is 1.77. The smallest absolute Gasteiger partial charge is 0.308 e. The lowest BCUT2D eigenvalue weighted by Crippen LogP contribution is -2.07. The van der Waals surface area contributed by atoms with Crippen LogP contribution in [0.4, 0.5) is 0 Å². The molecule has 0 spiro atoms. The van der Waals surface area contributed by atoms with Crippen LogP contribution in [0.1, 0.15) is 12.0 Å². The van der Waals surface area contributed by atoms with Crippen LogP contribution in [0.15, 0.2) is 24.3 Å². The summed E-state index contributed by atoms with van der Waals surface area (Å²) in [6.45, 7) is 0.252. The van der Waals surface area contributed by atoms with Gasteiger partial charge in [-0.25, -0.2) is 0 Å². The molecular weight excluding hydrogens is 194 g/mol.